The van der Waals surface area contributed by atoms with Gasteiger partial charge < -0.3 is 5.32 Å². The fourth-order valence-electron chi connectivity index (χ4n) is 1.65. The van der Waals surface area contributed by atoms with Crippen LogP contribution in [0.5, 0.6) is 0 Å². The number of sulfone groups is 1. The molecule has 1 N–H and O–H groups in total. The molecule has 0 aliphatic heterocycles. The van der Waals surface area contributed by atoms with Gasteiger partial charge in [0.25, 0.3) is 0 Å². The second-order valence-electron chi connectivity index (χ2n) is 4.14. The van der Waals surface area contributed by atoms with Crippen molar-refractivity contribution >= 4 is 37.1 Å². The maximum Gasteiger partial charge on any atom is 0.151 e. The summed E-state index contributed by atoms with van der Waals surface area (Å²) in [6.07, 6.45) is 1.29. The van der Waals surface area contributed by atoms with Gasteiger partial charge in [0.1, 0.15) is 0 Å². The van der Waals surface area contributed by atoms with Gasteiger partial charge in [-0.3, -0.25) is 0 Å². The van der Waals surface area contributed by atoms with Gasteiger partial charge in [-0.2, -0.15) is 0 Å². The van der Waals surface area contributed by atoms with Crippen LogP contribution in [0.25, 0.3) is 0 Å². The predicted octanol–water partition coefficient (Wildman–Crippen LogP) is 2.90. The van der Waals surface area contributed by atoms with E-state index >= 15 is 0 Å². The van der Waals surface area contributed by atoms with Crippen molar-refractivity contribution < 1.29 is 8.42 Å². The molecule has 6 heteroatoms. The molecule has 0 bridgehead atoms. The van der Waals surface area contributed by atoms with Gasteiger partial charge in [-0.15, -0.1) is 11.3 Å². The molecule has 2 unspecified atom stereocenters. The Morgan fingerprint density at radius 3 is 2.47 bits per heavy atom. The van der Waals surface area contributed by atoms with E-state index in [1.807, 2.05) is 19.9 Å². The summed E-state index contributed by atoms with van der Waals surface area (Å²) in [6, 6.07) is 1.88. The van der Waals surface area contributed by atoms with Gasteiger partial charge >= 0.3 is 0 Å². The molecule has 1 aromatic rings. The van der Waals surface area contributed by atoms with E-state index in [1.165, 1.54) is 11.1 Å². The van der Waals surface area contributed by atoms with E-state index in [1.54, 1.807) is 18.3 Å². The van der Waals surface area contributed by atoms with Crippen molar-refractivity contribution in [3.05, 3.63) is 20.3 Å². The molecule has 1 rings (SSSR count). The minimum absolute atomic E-state index is 0.150. The molecule has 2 atom stereocenters. The molecule has 1 aromatic heterocycles. The topological polar surface area (TPSA) is 46.2 Å². The Kier molecular flexibility index (Phi) is 5.19. The van der Waals surface area contributed by atoms with E-state index in [0.29, 0.717) is 0 Å². The summed E-state index contributed by atoms with van der Waals surface area (Å²) in [7, 11) is -3.06. The summed E-state index contributed by atoms with van der Waals surface area (Å²) in [4.78, 5) is 2.23. The first-order chi connectivity index (χ1) is 7.77. The molecule has 0 aromatic carbocycles. The lowest BCUT2D eigenvalue weighted by molar-refractivity contribution is 0.517. The zero-order valence-corrected chi connectivity index (χ0v) is 13.7. The lowest BCUT2D eigenvalue weighted by Gasteiger charge is -2.23. The number of thiophene rings is 1. The van der Waals surface area contributed by atoms with Crippen molar-refractivity contribution in [2.24, 2.45) is 0 Å². The highest BCUT2D eigenvalue weighted by atomic mass is 79.9. The Bertz CT molecular complexity index is 482. The Morgan fingerprint density at radius 2 is 2.12 bits per heavy atom. The fourth-order valence-corrected chi connectivity index (χ4v) is 4.54. The standard InChI is InChI=1S/C11H18BrNO2S2/c1-5-13-10(8(3)17(4,14)15)11-9(12)6-7(2)16-11/h6,8,10,13H,5H2,1-4H3. The van der Waals surface area contributed by atoms with E-state index in [0.717, 1.165) is 15.9 Å². The molecule has 0 amide bonds. The molecular weight excluding hydrogens is 322 g/mol. The predicted molar refractivity (Wildman–Crippen MR) is 77.5 cm³/mol. The van der Waals surface area contributed by atoms with Crippen LogP contribution < -0.4 is 5.32 Å². The molecule has 17 heavy (non-hydrogen) atoms. The zero-order chi connectivity index (χ0) is 13.2. The minimum Gasteiger partial charge on any atom is -0.308 e. The van der Waals surface area contributed by atoms with Crippen molar-refractivity contribution in [1.82, 2.24) is 5.32 Å². The first-order valence-corrected chi connectivity index (χ1v) is 9.01. The van der Waals surface area contributed by atoms with Crippen molar-refractivity contribution in [3.8, 4) is 0 Å². The van der Waals surface area contributed by atoms with Gasteiger partial charge in [0.15, 0.2) is 9.84 Å². The van der Waals surface area contributed by atoms with Gasteiger partial charge in [0.2, 0.25) is 0 Å². The normalized spacial score (nSPS) is 15.8. The summed E-state index contributed by atoms with van der Waals surface area (Å²) >= 11 is 5.13. The Hall–Kier alpha value is 0.0900. The molecule has 0 saturated heterocycles. The molecule has 0 radical (unpaired) electrons. The molecule has 0 aliphatic carbocycles. The average Bonchev–Trinajstić information content (AvgIpc) is 2.52. The number of nitrogens with one attached hydrogen (secondary N) is 1. The first-order valence-electron chi connectivity index (χ1n) is 5.45. The van der Waals surface area contributed by atoms with E-state index in [9.17, 15) is 8.42 Å². The highest BCUT2D eigenvalue weighted by Gasteiger charge is 2.29. The van der Waals surface area contributed by atoms with Crippen LogP contribution in [-0.2, 0) is 9.84 Å². The van der Waals surface area contributed by atoms with Crippen molar-refractivity contribution in [2.75, 3.05) is 12.8 Å². The second kappa shape index (κ2) is 5.82. The van der Waals surface area contributed by atoms with Gasteiger partial charge in [-0.05, 0) is 42.4 Å². The third-order valence-electron chi connectivity index (χ3n) is 2.69. The quantitative estimate of drug-likeness (QED) is 0.897. The number of hydrogen-bond acceptors (Lipinski definition) is 4. The second-order valence-corrected chi connectivity index (χ2v) is 8.68. The largest absolute Gasteiger partial charge is 0.308 e. The highest BCUT2D eigenvalue weighted by molar-refractivity contribution is 9.10. The van der Waals surface area contributed by atoms with Crippen LogP contribution in [0.1, 0.15) is 29.6 Å². The van der Waals surface area contributed by atoms with E-state index in [2.05, 4.69) is 21.2 Å². The Labute approximate surface area is 116 Å². The van der Waals surface area contributed by atoms with Crippen LogP contribution >= 0.6 is 27.3 Å². The molecule has 3 nitrogen and oxygen atoms in total. The lowest BCUT2D eigenvalue weighted by atomic mass is 10.2. The third-order valence-corrected chi connectivity index (χ3v) is 6.36. The molecule has 0 aliphatic rings. The SMILES string of the molecule is CCNC(c1sc(C)cc1Br)C(C)S(C)(=O)=O. The first kappa shape index (κ1) is 15.1. The van der Waals surface area contributed by atoms with Crippen LogP contribution in [0.2, 0.25) is 0 Å². The van der Waals surface area contributed by atoms with Crippen molar-refractivity contribution in [3.63, 3.8) is 0 Å². The van der Waals surface area contributed by atoms with Crippen molar-refractivity contribution in [2.45, 2.75) is 32.1 Å². The average molecular weight is 340 g/mol. The van der Waals surface area contributed by atoms with E-state index in [4.69, 9.17) is 0 Å². The Morgan fingerprint density at radius 1 is 1.53 bits per heavy atom. The number of aryl methyl sites for hydroxylation is 1. The smallest absolute Gasteiger partial charge is 0.151 e. The maximum absolute atomic E-state index is 11.7. The van der Waals surface area contributed by atoms with Crippen LogP contribution in [0.4, 0.5) is 0 Å². The summed E-state index contributed by atoms with van der Waals surface area (Å²) in [5, 5.41) is 2.83. The van der Waals surface area contributed by atoms with Crippen molar-refractivity contribution in [1.29, 1.82) is 0 Å². The molecule has 0 fully saturated rings. The van der Waals surface area contributed by atoms with Crippen LogP contribution in [-0.4, -0.2) is 26.5 Å². The third kappa shape index (κ3) is 3.77. The zero-order valence-electron chi connectivity index (χ0n) is 10.5. The van der Waals surface area contributed by atoms with E-state index < -0.39 is 15.1 Å². The minimum atomic E-state index is -3.06. The highest BCUT2D eigenvalue weighted by Crippen LogP contribution is 2.35. The van der Waals surface area contributed by atoms with Gasteiger partial charge in [0, 0.05) is 20.5 Å². The number of halogens is 1. The van der Waals surface area contributed by atoms with Crippen LogP contribution in [0.3, 0.4) is 0 Å². The molecule has 98 valence electrons. The van der Waals surface area contributed by atoms with Gasteiger partial charge in [0.05, 0.1) is 11.3 Å². The lowest BCUT2D eigenvalue weighted by Crippen LogP contribution is -2.34. The maximum atomic E-state index is 11.7. The van der Waals surface area contributed by atoms with Gasteiger partial charge in [-0.25, -0.2) is 8.42 Å². The van der Waals surface area contributed by atoms with Gasteiger partial charge in [-0.1, -0.05) is 6.92 Å². The summed E-state index contributed by atoms with van der Waals surface area (Å²) < 4.78 is 24.4. The van der Waals surface area contributed by atoms with Crippen LogP contribution in [0, 0.1) is 6.92 Å². The van der Waals surface area contributed by atoms with Crippen LogP contribution in [0.15, 0.2) is 10.5 Å². The summed E-state index contributed by atoms with van der Waals surface area (Å²) in [6.45, 7) is 6.50. The summed E-state index contributed by atoms with van der Waals surface area (Å²) in [5.41, 5.74) is 0. The van der Waals surface area contributed by atoms with E-state index in [-0.39, 0.29) is 6.04 Å². The molecule has 0 spiro atoms. The molecular formula is C11H18BrNO2S2. The Balaban J connectivity index is 3.14. The molecule has 0 saturated carbocycles. The fraction of sp³-hybridized carbons (Fsp3) is 0.636. The molecule has 1 heterocycles. The monoisotopic (exact) mass is 339 g/mol. The summed E-state index contributed by atoms with van der Waals surface area (Å²) in [5.74, 6) is 0. The number of hydrogen-bond donors (Lipinski definition) is 1. The number of rotatable bonds is 5.